The van der Waals surface area contributed by atoms with E-state index in [0.29, 0.717) is 39.0 Å². The van der Waals surface area contributed by atoms with Gasteiger partial charge in [-0.05, 0) is 43.4 Å². The van der Waals surface area contributed by atoms with E-state index in [0.717, 1.165) is 0 Å². The van der Waals surface area contributed by atoms with E-state index >= 15 is 0 Å². The van der Waals surface area contributed by atoms with Crippen molar-refractivity contribution in [2.45, 2.75) is 6.92 Å². The molecule has 3 rings (SSSR count). The number of fused-ring (bicyclic) bond motifs is 1. The number of H-pyrrole nitrogens is 1. The Bertz CT molecular complexity index is 1010. The normalized spacial score (nSPS) is 10.9. The molecule has 4 nitrogen and oxygen atoms in total. The van der Waals surface area contributed by atoms with Gasteiger partial charge >= 0.3 is 0 Å². The summed E-state index contributed by atoms with van der Waals surface area (Å²) in [6, 6.07) is 10.3. The van der Waals surface area contributed by atoms with Crippen molar-refractivity contribution in [2.75, 3.05) is 6.61 Å². The van der Waals surface area contributed by atoms with Gasteiger partial charge in [-0.1, -0.05) is 35.3 Å². The largest absolute Gasteiger partial charge is 0.492 e. The van der Waals surface area contributed by atoms with Gasteiger partial charge in [0.15, 0.2) is 4.77 Å². The van der Waals surface area contributed by atoms with Gasteiger partial charge in [-0.15, -0.1) is 0 Å². The molecule has 7 heteroatoms. The van der Waals surface area contributed by atoms with E-state index in [2.05, 4.69) is 4.98 Å². The summed E-state index contributed by atoms with van der Waals surface area (Å²) in [6.45, 7) is 2.35. The lowest BCUT2D eigenvalue weighted by molar-refractivity contribution is 0.339. The van der Waals surface area contributed by atoms with Gasteiger partial charge < -0.3 is 9.72 Å². The molecule has 0 atom stereocenters. The van der Waals surface area contributed by atoms with Crippen LogP contribution >= 0.6 is 35.4 Å². The quantitative estimate of drug-likeness (QED) is 0.680. The Morgan fingerprint density at radius 3 is 2.74 bits per heavy atom. The molecule has 3 aromatic rings. The zero-order valence-electron chi connectivity index (χ0n) is 12.1. The average molecular weight is 367 g/mol. The van der Waals surface area contributed by atoms with Crippen molar-refractivity contribution in [1.29, 1.82) is 0 Å². The van der Waals surface area contributed by atoms with Crippen molar-refractivity contribution in [3.8, 4) is 11.4 Å². The Balaban J connectivity index is 2.40. The summed E-state index contributed by atoms with van der Waals surface area (Å²) in [5.74, 6) is 0.573. The number of nitrogens with one attached hydrogen (secondary N) is 1. The van der Waals surface area contributed by atoms with Gasteiger partial charge in [-0.2, -0.15) is 0 Å². The summed E-state index contributed by atoms with van der Waals surface area (Å²) in [5, 5.41) is 1.10. The number of para-hydroxylation sites is 2. The van der Waals surface area contributed by atoms with E-state index in [1.807, 2.05) is 19.1 Å². The van der Waals surface area contributed by atoms with Crippen LogP contribution < -0.4 is 10.3 Å². The van der Waals surface area contributed by atoms with Crippen molar-refractivity contribution in [2.24, 2.45) is 0 Å². The van der Waals surface area contributed by atoms with Gasteiger partial charge in [0.2, 0.25) is 0 Å². The second-order valence-corrected chi connectivity index (χ2v) is 6.01. The number of benzene rings is 2. The second-order valence-electron chi connectivity index (χ2n) is 4.78. The maximum Gasteiger partial charge on any atom is 0.266 e. The summed E-state index contributed by atoms with van der Waals surface area (Å²) in [6.07, 6.45) is 0. The highest BCUT2D eigenvalue weighted by Crippen LogP contribution is 2.26. The van der Waals surface area contributed by atoms with Gasteiger partial charge in [-0.25, -0.2) is 4.57 Å². The molecule has 0 amide bonds. The van der Waals surface area contributed by atoms with Crippen LogP contribution in [0.15, 0.2) is 41.2 Å². The number of hydrogen-bond donors (Lipinski definition) is 1. The van der Waals surface area contributed by atoms with Crippen LogP contribution in [-0.4, -0.2) is 16.2 Å². The predicted molar refractivity (Wildman–Crippen MR) is 95.9 cm³/mol. The Morgan fingerprint density at radius 2 is 2.00 bits per heavy atom. The lowest BCUT2D eigenvalue weighted by atomic mass is 10.2. The lowest BCUT2D eigenvalue weighted by Gasteiger charge is -2.13. The molecular weight excluding hydrogens is 355 g/mol. The molecule has 118 valence electrons. The molecule has 0 fully saturated rings. The number of ether oxygens (including phenoxy) is 1. The number of rotatable bonds is 3. The first kappa shape index (κ1) is 16.1. The summed E-state index contributed by atoms with van der Waals surface area (Å²) in [4.78, 5) is 15.9. The van der Waals surface area contributed by atoms with E-state index in [-0.39, 0.29) is 10.3 Å². The van der Waals surface area contributed by atoms with Crippen LogP contribution in [0.5, 0.6) is 5.75 Å². The highest BCUT2D eigenvalue weighted by atomic mass is 35.5. The molecule has 0 unspecified atom stereocenters. The van der Waals surface area contributed by atoms with Gasteiger partial charge in [0, 0.05) is 5.02 Å². The minimum absolute atomic E-state index is 0.235. The van der Waals surface area contributed by atoms with Crippen molar-refractivity contribution in [3.63, 3.8) is 0 Å². The fraction of sp³-hybridized carbons (Fsp3) is 0.125. The molecule has 0 aliphatic rings. The van der Waals surface area contributed by atoms with Crippen molar-refractivity contribution < 1.29 is 4.74 Å². The van der Waals surface area contributed by atoms with Gasteiger partial charge in [0.05, 0.1) is 28.2 Å². The predicted octanol–water partition coefficient (Wildman–Crippen LogP) is 4.75. The Morgan fingerprint density at radius 1 is 1.26 bits per heavy atom. The maximum atomic E-state index is 12.9. The average Bonchev–Trinajstić information content (AvgIpc) is 2.51. The minimum Gasteiger partial charge on any atom is -0.492 e. The summed E-state index contributed by atoms with van der Waals surface area (Å²) >= 11 is 17.5. The van der Waals surface area contributed by atoms with Crippen LogP contribution in [0.25, 0.3) is 16.6 Å². The topological polar surface area (TPSA) is 47.0 Å². The van der Waals surface area contributed by atoms with E-state index in [4.69, 9.17) is 40.2 Å². The molecule has 0 saturated heterocycles. The number of halogens is 2. The van der Waals surface area contributed by atoms with Crippen LogP contribution in [0.1, 0.15) is 6.92 Å². The highest BCUT2D eigenvalue weighted by molar-refractivity contribution is 7.71. The van der Waals surface area contributed by atoms with E-state index in [1.54, 1.807) is 24.3 Å². The SMILES string of the molecule is CCOc1ccccc1-n1c(=S)[nH]c2c(Cl)cc(Cl)cc2c1=O. The summed E-state index contributed by atoms with van der Waals surface area (Å²) in [7, 11) is 0. The molecule has 0 bridgehead atoms. The first-order chi connectivity index (χ1) is 11.0. The monoisotopic (exact) mass is 366 g/mol. The summed E-state index contributed by atoms with van der Waals surface area (Å²) < 4.78 is 7.21. The van der Waals surface area contributed by atoms with Crippen LogP contribution in [0, 0.1) is 4.77 Å². The van der Waals surface area contributed by atoms with E-state index in [9.17, 15) is 4.79 Å². The molecule has 0 radical (unpaired) electrons. The molecule has 0 spiro atoms. The second kappa shape index (κ2) is 6.35. The third-order valence-electron chi connectivity index (χ3n) is 3.33. The standard InChI is InChI=1S/C16H12Cl2N2O2S/c1-2-22-13-6-4-3-5-12(13)20-15(21)10-7-9(17)8-11(18)14(10)19-16(20)23/h3-8H,2H2,1H3,(H,19,23). The van der Waals surface area contributed by atoms with Gasteiger partial charge in [-0.3, -0.25) is 4.79 Å². The third-order valence-corrected chi connectivity index (χ3v) is 4.13. The molecule has 0 aliphatic heterocycles. The first-order valence-corrected chi connectivity index (χ1v) is 8.05. The van der Waals surface area contributed by atoms with E-state index in [1.165, 1.54) is 4.57 Å². The molecule has 2 aromatic carbocycles. The zero-order chi connectivity index (χ0) is 16.6. The molecule has 23 heavy (non-hydrogen) atoms. The van der Waals surface area contributed by atoms with Crippen LogP contribution in [0.2, 0.25) is 10.0 Å². The third kappa shape index (κ3) is 2.87. The number of nitrogens with zero attached hydrogens (tertiary/aromatic N) is 1. The van der Waals surface area contributed by atoms with Crippen molar-refractivity contribution in [1.82, 2.24) is 9.55 Å². The van der Waals surface area contributed by atoms with Crippen LogP contribution in [0.3, 0.4) is 0 Å². The smallest absolute Gasteiger partial charge is 0.266 e. The number of hydrogen-bond acceptors (Lipinski definition) is 3. The zero-order valence-corrected chi connectivity index (χ0v) is 14.4. The molecule has 0 aliphatic carbocycles. The Hall–Kier alpha value is -1.82. The molecule has 1 N–H and O–H groups in total. The molecule has 1 heterocycles. The molecule has 0 saturated carbocycles. The van der Waals surface area contributed by atoms with Crippen LogP contribution in [-0.2, 0) is 0 Å². The van der Waals surface area contributed by atoms with Crippen LogP contribution in [0.4, 0.5) is 0 Å². The van der Waals surface area contributed by atoms with Crippen molar-refractivity contribution in [3.05, 3.63) is 61.6 Å². The molecule has 1 aromatic heterocycles. The Kier molecular flexibility index (Phi) is 4.43. The fourth-order valence-electron chi connectivity index (χ4n) is 2.38. The minimum atomic E-state index is -0.305. The number of aromatic amines is 1. The molecular formula is C16H12Cl2N2O2S. The fourth-order valence-corrected chi connectivity index (χ4v) is 3.21. The maximum absolute atomic E-state index is 12.9. The van der Waals surface area contributed by atoms with Crippen molar-refractivity contribution >= 4 is 46.3 Å². The highest BCUT2D eigenvalue weighted by Gasteiger charge is 2.14. The summed E-state index contributed by atoms with van der Waals surface area (Å²) in [5.41, 5.74) is 0.732. The lowest BCUT2D eigenvalue weighted by Crippen LogP contribution is -2.21. The number of aromatic nitrogens is 2. The Labute approximate surface area is 147 Å². The van der Waals surface area contributed by atoms with Gasteiger partial charge in [0.25, 0.3) is 5.56 Å². The first-order valence-electron chi connectivity index (χ1n) is 6.89. The van der Waals surface area contributed by atoms with E-state index < -0.39 is 0 Å². The van der Waals surface area contributed by atoms with Gasteiger partial charge in [0.1, 0.15) is 5.75 Å².